The number of unbranched alkanes of at least 4 members (excludes halogenated alkanes) is 42. The number of hydrogen-bond donors (Lipinski definition) is 0. The maximum atomic E-state index is 6.90. The van der Waals surface area contributed by atoms with Crippen molar-refractivity contribution in [3.63, 3.8) is 0 Å². The van der Waals surface area contributed by atoms with Crippen molar-refractivity contribution in [2.24, 2.45) is 0 Å². The van der Waals surface area contributed by atoms with Crippen molar-refractivity contribution in [3.05, 3.63) is 59.9 Å². The molecule has 0 saturated carbocycles. The maximum Gasteiger partial charge on any atom is 0.203 e. The molecule has 8 heteroatoms. The Labute approximate surface area is 538 Å². The molecule has 0 aliphatic carbocycles. The molecule has 1 aromatic heterocycles. The Balaban J connectivity index is 2.05. The molecule has 0 N–H and O–H groups in total. The van der Waals surface area contributed by atoms with Gasteiger partial charge in [-0.3, -0.25) is 4.98 Å². The van der Waals surface area contributed by atoms with Crippen LogP contribution in [0.2, 0.25) is 0 Å². The lowest BCUT2D eigenvalue weighted by atomic mass is 10.1. The standard InChI is InChI=1S/C79H138N2O6/c1-7-13-19-25-31-37-43-49-59-82-74-65-71(66-75(83-60-50-44-38-32-26-20-14-8-2)78(74)86-63-53-47-41-35-29-23-17-11-5)69-81(73-55-57-80-58-56-73)70-72-67-76(84-61-51-45-39-33-27-21-15-9-3)79(87-64-54-48-42-36-30-24-18-12-6)77(68-72)85-62-52-46-40-34-28-22-16-10-4/h55-58,65-68H,7-54,59-64,69-70H2,1-6H3. The molecule has 0 fully saturated rings. The van der Waals surface area contributed by atoms with Crippen LogP contribution < -0.4 is 33.3 Å². The smallest absolute Gasteiger partial charge is 0.203 e. The first-order chi connectivity index (χ1) is 43.1. The molecule has 2 aromatic carbocycles. The summed E-state index contributed by atoms with van der Waals surface area (Å²) < 4.78 is 41.3. The van der Waals surface area contributed by atoms with Crippen LogP contribution in [0.4, 0.5) is 5.69 Å². The Bertz CT molecular complexity index is 1750. The van der Waals surface area contributed by atoms with E-state index >= 15 is 0 Å². The van der Waals surface area contributed by atoms with E-state index in [4.69, 9.17) is 28.4 Å². The van der Waals surface area contributed by atoms with Gasteiger partial charge >= 0.3 is 0 Å². The third-order valence-electron chi connectivity index (χ3n) is 17.4. The van der Waals surface area contributed by atoms with Crippen molar-refractivity contribution < 1.29 is 28.4 Å². The molecule has 0 unspecified atom stereocenters. The highest BCUT2D eigenvalue weighted by atomic mass is 16.5. The van der Waals surface area contributed by atoms with Crippen LogP contribution in [0.5, 0.6) is 34.5 Å². The van der Waals surface area contributed by atoms with Gasteiger partial charge < -0.3 is 33.3 Å². The highest BCUT2D eigenvalue weighted by molar-refractivity contribution is 5.57. The van der Waals surface area contributed by atoms with E-state index in [2.05, 4.69) is 87.8 Å². The van der Waals surface area contributed by atoms with Crippen LogP contribution in [0.3, 0.4) is 0 Å². The van der Waals surface area contributed by atoms with Gasteiger partial charge in [-0.2, -0.15) is 0 Å². The van der Waals surface area contributed by atoms with Crippen molar-refractivity contribution in [2.45, 2.75) is 363 Å². The summed E-state index contributed by atoms with van der Waals surface area (Å²) >= 11 is 0. The monoisotopic (exact) mass is 1210 g/mol. The first-order valence-electron chi connectivity index (χ1n) is 37.8. The Morgan fingerprint density at radius 1 is 0.253 bits per heavy atom. The predicted molar refractivity (Wildman–Crippen MR) is 376 cm³/mol. The van der Waals surface area contributed by atoms with Gasteiger partial charge in [-0.25, -0.2) is 0 Å². The molecule has 1 heterocycles. The zero-order valence-electron chi connectivity index (χ0n) is 58.1. The minimum Gasteiger partial charge on any atom is -0.490 e. The first kappa shape index (κ1) is 77.4. The quantitative estimate of drug-likeness (QED) is 0.0518. The number of rotatable bonds is 65. The first-order valence-corrected chi connectivity index (χ1v) is 37.8. The fourth-order valence-electron chi connectivity index (χ4n) is 11.9. The van der Waals surface area contributed by atoms with Crippen LogP contribution in [-0.2, 0) is 13.1 Å². The van der Waals surface area contributed by atoms with Gasteiger partial charge in [-0.05, 0) is 86.1 Å². The summed E-state index contributed by atoms with van der Waals surface area (Å²) in [7, 11) is 0. The second-order valence-electron chi connectivity index (χ2n) is 25.8. The lowest BCUT2D eigenvalue weighted by Crippen LogP contribution is -2.22. The maximum absolute atomic E-state index is 6.90. The molecule has 0 atom stereocenters. The van der Waals surface area contributed by atoms with Crippen molar-refractivity contribution in [2.75, 3.05) is 44.5 Å². The third kappa shape index (κ3) is 40.5. The fraction of sp³-hybridized carbons (Fsp3) is 0.785. The summed E-state index contributed by atoms with van der Waals surface area (Å²) in [5.41, 5.74) is 3.36. The summed E-state index contributed by atoms with van der Waals surface area (Å²) in [4.78, 5) is 6.96. The topological polar surface area (TPSA) is 71.5 Å². The minimum absolute atomic E-state index is 0.629. The van der Waals surface area contributed by atoms with Gasteiger partial charge in [0.2, 0.25) is 11.5 Å². The van der Waals surface area contributed by atoms with Gasteiger partial charge in [0.25, 0.3) is 0 Å². The average molecular weight is 1210 g/mol. The number of hydrogen-bond acceptors (Lipinski definition) is 8. The molecule has 0 amide bonds. The lowest BCUT2D eigenvalue weighted by Gasteiger charge is -2.27. The van der Waals surface area contributed by atoms with E-state index in [-0.39, 0.29) is 0 Å². The molecule has 0 aliphatic heterocycles. The molecule has 500 valence electrons. The van der Waals surface area contributed by atoms with Crippen molar-refractivity contribution >= 4 is 5.69 Å². The van der Waals surface area contributed by atoms with E-state index < -0.39 is 0 Å². The van der Waals surface area contributed by atoms with E-state index in [0.29, 0.717) is 52.7 Å². The van der Waals surface area contributed by atoms with Gasteiger partial charge in [0.05, 0.1) is 39.6 Å². The molecule has 3 rings (SSSR count). The molecule has 0 spiro atoms. The zero-order chi connectivity index (χ0) is 62.0. The molecule has 8 nitrogen and oxygen atoms in total. The van der Waals surface area contributed by atoms with E-state index in [0.717, 1.165) is 89.8 Å². The average Bonchev–Trinajstić information content (AvgIpc) is 2.97. The number of ether oxygens (including phenoxy) is 6. The van der Waals surface area contributed by atoms with Crippen molar-refractivity contribution in [3.8, 4) is 34.5 Å². The molecule has 0 bridgehead atoms. The Kier molecular flexibility index (Phi) is 51.0. The summed E-state index contributed by atoms with van der Waals surface area (Å²) in [6.07, 6.45) is 64.3. The predicted octanol–water partition coefficient (Wildman–Crippen LogP) is 25.4. The van der Waals surface area contributed by atoms with Crippen LogP contribution in [-0.4, -0.2) is 44.6 Å². The van der Waals surface area contributed by atoms with E-state index in [1.807, 2.05) is 12.4 Å². The second kappa shape index (κ2) is 57.4. The Morgan fingerprint density at radius 2 is 0.448 bits per heavy atom. The number of benzene rings is 2. The van der Waals surface area contributed by atoms with E-state index in [9.17, 15) is 0 Å². The number of aromatic nitrogens is 1. The Hall–Kier alpha value is -3.81. The fourth-order valence-corrected chi connectivity index (χ4v) is 11.9. The molecular weight excluding hydrogens is 1070 g/mol. The van der Waals surface area contributed by atoms with E-state index in [1.165, 1.54) is 270 Å². The SMILES string of the molecule is CCCCCCCCCCOc1cc(CN(Cc2cc(OCCCCCCCCCC)c(OCCCCCCCCCC)c(OCCCCCCCCCC)c2)c2ccncc2)cc(OCCCCCCCCCC)c1OCCCCCCCCCC. The highest BCUT2D eigenvalue weighted by Crippen LogP contribution is 2.43. The molecule has 87 heavy (non-hydrogen) atoms. The van der Waals surface area contributed by atoms with Gasteiger partial charge in [0.15, 0.2) is 23.0 Å². The summed E-state index contributed by atoms with van der Waals surface area (Å²) in [6, 6.07) is 13.3. The number of anilines is 1. The third-order valence-corrected chi connectivity index (χ3v) is 17.4. The van der Waals surface area contributed by atoms with Crippen LogP contribution in [0, 0.1) is 0 Å². The number of pyridine rings is 1. The van der Waals surface area contributed by atoms with Gasteiger partial charge in [-0.1, -0.05) is 311 Å². The molecule has 0 radical (unpaired) electrons. The van der Waals surface area contributed by atoms with Gasteiger partial charge in [0.1, 0.15) is 0 Å². The lowest BCUT2D eigenvalue weighted by molar-refractivity contribution is 0.233. The Morgan fingerprint density at radius 3 is 0.667 bits per heavy atom. The number of nitrogens with zero attached hydrogens (tertiary/aromatic N) is 2. The molecule has 0 aliphatic rings. The van der Waals surface area contributed by atoms with Crippen molar-refractivity contribution in [1.82, 2.24) is 4.98 Å². The summed E-state index contributed by atoms with van der Waals surface area (Å²) in [6.45, 7) is 19.0. The summed E-state index contributed by atoms with van der Waals surface area (Å²) in [5.74, 6) is 4.78. The van der Waals surface area contributed by atoms with E-state index in [1.54, 1.807) is 0 Å². The minimum atomic E-state index is 0.629. The second-order valence-corrected chi connectivity index (χ2v) is 25.8. The van der Waals surface area contributed by atoms with Crippen molar-refractivity contribution in [1.29, 1.82) is 0 Å². The van der Waals surface area contributed by atoms with Crippen LogP contribution in [0.1, 0.15) is 361 Å². The largest absolute Gasteiger partial charge is 0.490 e. The van der Waals surface area contributed by atoms with Crippen LogP contribution in [0.15, 0.2) is 48.8 Å². The summed E-state index contributed by atoms with van der Waals surface area (Å²) in [5, 5.41) is 0. The van der Waals surface area contributed by atoms with Crippen LogP contribution >= 0.6 is 0 Å². The van der Waals surface area contributed by atoms with Gasteiger partial charge in [0, 0.05) is 31.2 Å². The normalized spacial score (nSPS) is 11.4. The van der Waals surface area contributed by atoms with Crippen LogP contribution in [0.25, 0.3) is 0 Å². The van der Waals surface area contributed by atoms with Gasteiger partial charge in [-0.15, -0.1) is 0 Å². The molecular formula is C79H138N2O6. The zero-order valence-corrected chi connectivity index (χ0v) is 58.1. The molecule has 0 saturated heterocycles. The molecule has 3 aromatic rings. The highest BCUT2D eigenvalue weighted by Gasteiger charge is 2.22.